The summed E-state index contributed by atoms with van der Waals surface area (Å²) in [5, 5.41) is 0. The molecule has 0 aliphatic carbocycles. The molecule has 0 bridgehead atoms. The van der Waals surface area contributed by atoms with Gasteiger partial charge < -0.3 is 15.4 Å². The van der Waals surface area contributed by atoms with Gasteiger partial charge in [-0.3, -0.25) is 4.79 Å². The Balaban J connectivity index is 3.05. The maximum Gasteiger partial charge on any atom is 0.258 e. The highest BCUT2D eigenvalue weighted by Crippen LogP contribution is 2.27. The predicted octanol–water partition coefficient (Wildman–Crippen LogP) is 2.42. The van der Waals surface area contributed by atoms with Crippen molar-refractivity contribution in [3.8, 4) is 0 Å². The highest BCUT2D eigenvalue weighted by atomic mass is 79.9. The first-order valence-electron chi connectivity index (χ1n) is 5.18. The summed E-state index contributed by atoms with van der Waals surface area (Å²) in [6, 6.07) is 5.40. The first-order chi connectivity index (χ1) is 7.79. The lowest BCUT2D eigenvalue weighted by atomic mass is 10.1. The summed E-state index contributed by atoms with van der Waals surface area (Å²) in [6.45, 7) is 3.45. The van der Waals surface area contributed by atoms with Gasteiger partial charge in [0.2, 0.25) is 0 Å². The van der Waals surface area contributed by atoms with Crippen LogP contribution in [-0.4, -0.2) is 25.7 Å². The molecule has 0 saturated heterocycles. The minimum atomic E-state index is -0.867. The first kappa shape index (κ1) is 14.0. The zero-order valence-electron chi connectivity index (χ0n) is 10.5. The van der Waals surface area contributed by atoms with E-state index < -0.39 is 5.60 Å². The lowest BCUT2D eigenvalue weighted by Gasteiger charge is -2.28. The number of rotatable bonds is 3. The second-order valence-corrected chi connectivity index (χ2v) is 5.20. The molecule has 1 rings (SSSR count). The molecule has 0 atom stereocenters. The molecule has 1 aromatic carbocycles. The summed E-state index contributed by atoms with van der Waals surface area (Å²) in [7, 11) is 3.19. The zero-order chi connectivity index (χ0) is 13.2. The van der Waals surface area contributed by atoms with E-state index in [9.17, 15) is 4.79 Å². The number of nitrogens with zero attached hydrogens (tertiary/aromatic N) is 1. The molecule has 5 heteroatoms. The van der Waals surface area contributed by atoms with Gasteiger partial charge in [-0.25, -0.2) is 0 Å². The molecule has 0 saturated carbocycles. The summed E-state index contributed by atoms with van der Waals surface area (Å²) >= 11 is 3.33. The number of halogens is 1. The number of hydrogen-bond donors (Lipinski definition) is 1. The van der Waals surface area contributed by atoms with Crippen molar-refractivity contribution in [2.75, 3.05) is 24.8 Å². The molecule has 0 heterocycles. The topological polar surface area (TPSA) is 55.6 Å². The van der Waals surface area contributed by atoms with Crippen molar-refractivity contribution in [2.45, 2.75) is 19.4 Å². The Labute approximate surface area is 110 Å². The Hall–Kier alpha value is -1.07. The fraction of sp³-hybridized carbons (Fsp3) is 0.417. The van der Waals surface area contributed by atoms with Gasteiger partial charge in [0.15, 0.2) is 0 Å². The molecule has 0 aliphatic heterocycles. The van der Waals surface area contributed by atoms with Crippen molar-refractivity contribution >= 4 is 33.2 Å². The Bertz CT molecular complexity index is 433. The second kappa shape index (κ2) is 5.06. The number of benzene rings is 1. The number of nitrogens with two attached hydrogens (primary N) is 1. The van der Waals surface area contributed by atoms with Crippen LogP contribution in [0, 0.1) is 0 Å². The first-order valence-corrected chi connectivity index (χ1v) is 5.97. The van der Waals surface area contributed by atoms with Crippen molar-refractivity contribution < 1.29 is 9.53 Å². The van der Waals surface area contributed by atoms with Crippen LogP contribution < -0.4 is 10.6 Å². The molecule has 17 heavy (non-hydrogen) atoms. The SMILES string of the molecule is COC(C)(C)C(=O)N(C)c1ccc(Br)cc1N. The van der Waals surface area contributed by atoms with Crippen LogP contribution in [-0.2, 0) is 9.53 Å². The Kier molecular flexibility index (Phi) is 4.16. The molecule has 0 spiro atoms. The van der Waals surface area contributed by atoms with Gasteiger partial charge in [0, 0.05) is 18.6 Å². The standard InChI is InChI=1S/C12H17BrN2O2/c1-12(2,17-4)11(16)15(3)10-6-5-8(13)7-9(10)14/h5-7H,14H2,1-4H3. The summed E-state index contributed by atoms with van der Waals surface area (Å²) < 4.78 is 6.04. The molecular weight excluding hydrogens is 284 g/mol. The molecule has 1 amide bonds. The van der Waals surface area contributed by atoms with Crippen LogP contribution in [0.2, 0.25) is 0 Å². The fourth-order valence-electron chi connectivity index (χ4n) is 1.43. The van der Waals surface area contributed by atoms with E-state index >= 15 is 0 Å². The monoisotopic (exact) mass is 300 g/mol. The molecule has 0 aliphatic rings. The number of carbonyl (C=O) groups is 1. The molecule has 0 radical (unpaired) electrons. The third kappa shape index (κ3) is 2.98. The van der Waals surface area contributed by atoms with Crippen LogP contribution in [0.4, 0.5) is 11.4 Å². The number of amides is 1. The van der Waals surface area contributed by atoms with Crippen molar-refractivity contribution in [1.82, 2.24) is 0 Å². The van der Waals surface area contributed by atoms with E-state index in [-0.39, 0.29) is 5.91 Å². The van der Waals surface area contributed by atoms with Crippen LogP contribution >= 0.6 is 15.9 Å². The number of carbonyl (C=O) groups excluding carboxylic acids is 1. The lowest BCUT2D eigenvalue weighted by Crippen LogP contribution is -2.44. The van der Waals surface area contributed by atoms with Crippen molar-refractivity contribution in [3.63, 3.8) is 0 Å². The van der Waals surface area contributed by atoms with E-state index in [1.54, 1.807) is 33.0 Å². The maximum atomic E-state index is 12.2. The molecule has 1 aromatic rings. The predicted molar refractivity (Wildman–Crippen MR) is 73.1 cm³/mol. The number of likely N-dealkylation sites (N-methyl/N-ethyl adjacent to an activating group) is 1. The molecule has 0 fully saturated rings. The van der Waals surface area contributed by atoms with Gasteiger partial charge in [0.05, 0.1) is 11.4 Å². The highest BCUT2D eigenvalue weighted by Gasteiger charge is 2.31. The number of methoxy groups -OCH3 is 1. The van der Waals surface area contributed by atoms with E-state index in [2.05, 4.69) is 15.9 Å². The van der Waals surface area contributed by atoms with Crippen LogP contribution in [0.3, 0.4) is 0 Å². The van der Waals surface area contributed by atoms with Gasteiger partial charge in [0.25, 0.3) is 5.91 Å². The quantitative estimate of drug-likeness (QED) is 0.872. The van der Waals surface area contributed by atoms with E-state index in [1.165, 1.54) is 12.0 Å². The van der Waals surface area contributed by atoms with Crippen molar-refractivity contribution in [3.05, 3.63) is 22.7 Å². The van der Waals surface area contributed by atoms with E-state index in [0.29, 0.717) is 11.4 Å². The summed E-state index contributed by atoms with van der Waals surface area (Å²) in [6.07, 6.45) is 0. The Morgan fingerprint density at radius 2 is 2.06 bits per heavy atom. The van der Waals surface area contributed by atoms with E-state index in [1.807, 2.05) is 6.07 Å². The molecule has 2 N–H and O–H groups in total. The van der Waals surface area contributed by atoms with Crippen molar-refractivity contribution in [1.29, 1.82) is 0 Å². The molecular formula is C12H17BrN2O2. The van der Waals surface area contributed by atoms with E-state index in [0.717, 1.165) is 4.47 Å². The second-order valence-electron chi connectivity index (χ2n) is 4.28. The molecule has 0 unspecified atom stereocenters. The van der Waals surface area contributed by atoms with Gasteiger partial charge in [-0.2, -0.15) is 0 Å². The van der Waals surface area contributed by atoms with E-state index in [4.69, 9.17) is 10.5 Å². The molecule has 94 valence electrons. The van der Waals surface area contributed by atoms with Crippen LogP contribution in [0.5, 0.6) is 0 Å². The molecule has 0 aromatic heterocycles. The fourth-order valence-corrected chi connectivity index (χ4v) is 1.81. The van der Waals surface area contributed by atoms with Crippen LogP contribution in [0.1, 0.15) is 13.8 Å². The van der Waals surface area contributed by atoms with Gasteiger partial charge in [0.1, 0.15) is 5.60 Å². The number of nitrogen functional groups attached to an aromatic ring is 1. The maximum absolute atomic E-state index is 12.2. The summed E-state index contributed by atoms with van der Waals surface area (Å²) in [5.74, 6) is -0.144. The van der Waals surface area contributed by atoms with Crippen molar-refractivity contribution in [2.24, 2.45) is 0 Å². The third-order valence-corrected chi connectivity index (χ3v) is 3.17. The highest BCUT2D eigenvalue weighted by molar-refractivity contribution is 9.10. The van der Waals surface area contributed by atoms with Gasteiger partial charge in [-0.15, -0.1) is 0 Å². The van der Waals surface area contributed by atoms with Gasteiger partial charge in [-0.05, 0) is 32.0 Å². The van der Waals surface area contributed by atoms with Crippen LogP contribution in [0.15, 0.2) is 22.7 Å². The minimum absolute atomic E-state index is 0.144. The number of ether oxygens (including phenoxy) is 1. The number of hydrogen-bond acceptors (Lipinski definition) is 3. The smallest absolute Gasteiger partial charge is 0.258 e. The Morgan fingerprint density at radius 1 is 1.47 bits per heavy atom. The van der Waals surface area contributed by atoms with Gasteiger partial charge >= 0.3 is 0 Å². The summed E-state index contributed by atoms with van der Waals surface area (Å²) in [4.78, 5) is 13.7. The third-order valence-electron chi connectivity index (χ3n) is 2.68. The minimum Gasteiger partial charge on any atom is -0.397 e. The van der Waals surface area contributed by atoms with Gasteiger partial charge in [-0.1, -0.05) is 15.9 Å². The number of anilines is 2. The lowest BCUT2D eigenvalue weighted by molar-refractivity contribution is -0.136. The average Bonchev–Trinajstić information content (AvgIpc) is 2.27. The molecule has 4 nitrogen and oxygen atoms in total. The van der Waals surface area contributed by atoms with Crippen LogP contribution in [0.25, 0.3) is 0 Å². The normalized spacial score (nSPS) is 11.4. The largest absolute Gasteiger partial charge is 0.397 e. The zero-order valence-corrected chi connectivity index (χ0v) is 12.0. The Morgan fingerprint density at radius 3 is 2.53 bits per heavy atom. The average molecular weight is 301 g/mol. The summed E-state index contributed by atoms with van der Waals surface area (Å²) in [5.41, 5.74) is 6.23.